The molecule has 2 heteroatoms. The quantitative estimate of drug-likeness (QED) is 0.168. The third kappa shape index (κ3) is 4.39. The maximum Gasteiger partial charge on any atom is 0.0544 e. The summed E-state index contributed by atoms with van der Waals surface area (Å²) in [6, 6.07) is 62.5. The lowest BCUT2D eigenvalue weighted by atomic mass is 9.73. The van der Waals surface area contributed by atoms with E-state index in [1.165, 1.54) is 76.9 Å². The summed E-state index contributed by atoms with van der Waals surface area (Å²) < 4.78 is 2.58. The van der Waals surface area contributed by atoms with Gasteiger partial charge in [-0.1, -0.05) is 123 Å². The van der Waals surface area contributed by atoms with Crippen LogP contribution >= 0.6 is 0 Å². The Morgan fingerprint density at radius 3 is 1.64 bits per heavy atom. The predicted octanol–water partition coefficient (Wildman–Crippen LogP) is 13.6. The first-order chi connectivity index (χ1) is 26.1. The Morgan fingerprint density at radius 1 is 0.509 bits per heavy atom. The van der Waals surface area contributed by atoms with Gasteiger partial charge in [0, 0.05) is 39.4 Å². The Balaban J connectivity index is 1.18. The number of hydrogen-bond acceptors (Lipinski definition) is 1. The van der Waals surface area contributed by atoms with Crippen LogP contribution in [0.3, 0.4) is 0 Å². The monoisotopic (exact) mass is 678 g/mol. The Labute approximate surface area is 309 Å². The van der Waals surface area contributed by atoms with E-state index >= 15 is 0 Å². The molecule has 9 aromatic rings. The molecule has 252 valence electrons. The van der Waals surface area contributed by atoms with Gasteiger partial charge < -0.3 is 9.47 Å². The molecule has 0 saturated carbocycles. The minimum Gasteiger partial charge on any atom is -0.313 e. The molecule has 0 spiro atoms. The van der Waals surface area contributed by atoms with E-state index in [-0.39, 0.29) is 5.41 Å². The van der Waals surface area contributed by atoms with Crippen LogP contribution in [0.15, 0.2) is 170 Å². The Hall–Kier alpha value is -6.38. The number of rotatable bonds is 4. The molecule has 1 aromatic heterocycles. The first-order valence-corrected chi connectivity index (χ1v) is 18.8. The van der Waals surface area contributed by atoms with Crippen molar-refractivity contribution in [3.05, 3.63) is 192 Å². The average Bonchev–Trinajstić information content (AvgIpc) is 3.65. The number of allylic oxidation sites excluding steroid dienone is 1. The number of nitrogens with zero attached hydrogens (tertiary/aromatic N) is 2. The molecule has 2 aliphatic carbocycles. The van der Waals surface area contributed by atoms with Crippen molar-refractivity contribution < 1.29 is 0 Å². The summed E-state index contributed by atoms with van der Waals surface area (Å²) in [5.41, 5.74) is 13.0. The molecule has 1 atom stereocenters. The Kier molecular flexibility index (Phi) is 6.46. The number of fused-ring (bicyclic) bond motifs is 12. The van der Waals surface area contributed by atoms with Crippen LogP contribution in [-0.2, 0) is 11.8 Å². The lowest BCUT2D eigenvalue weighted by molar-refractivity contribution is 0.405. The van der Waals surface area contributed by atoms with Gasteiger partial charge in [-0.15, -0.1) is 0 Å². The molecule has 0 amide bonds. The van der Waals surface area contributed by atoms with Crippen molar-refractivity contribution in [2.75, 3.05) is 4.90 Å². The lowest BCUT2D eigenvalue weighted by Gasteiger charge is -2.32. The second-order valence-corrected chi connectivity index (χ2v) is 15.3. The lowest BCUT2D eigenvalue weighted by Crippen LogP contribution is -2.27. The second-order valence-electron chi connectivity index (χ2n) is 15.3. The molecular weight excluding hydrogens is 641 g/mol. The van der Waals surface area contributed by atoms with E-state index in [0.29, 0.717) is 5.92 Å². The van der Waals surface area contributed by atoms with Crippen LogP contribution in [0.2, 0.25) is 0 Å². The summed E-state index contributed by atoms with van der Waals surface area (Å²) in [4.78, 5) is 2.34. The zero-order valence-corrected chi connectivity index (χ0v) is 29.9. The van der Waals surface area contributed by atoms with Crippen LogP contribution in [0.1, 0.15) is 36.2 Å². The van der Waals surface area contributed by atoms with E-state index in [0.717, 1.165) is 23.5 Å². The highest BCUT2D eigenvalue weighted by molar-refractivity contribution is 6.27. The molecule has 8 aromatic carbocycles. The van der Waals surface area contributed by atoms with E-state index in [1.807, 2.05) is 0 Å². The van der Waals surface area contributed by atoms with Gasteiger partial charge in [0.15, 0.2) is 0 Å². The zero-order chi connectivity index (χ0) is 35.3. The fourth-order valence-corrected chi connectivity index (χ4v) is 9.72. The van der Waals surface area contributed by atoms with Gasteiger partial charge >= 0.3 is 0 Å². The average molecular weight is 679 g/mol. The summed E-state index contributed by atoms with van der Waals surface area (Å²) in [6.07, 6.45) is 3.53. The molecule has 2 nitrogen and oxygen atoms in total. The SMILES string of the molecule is CC1(C)c2ccccc2C2=Cc3c(n(-c4ccc(N(c5ccccc5)c5ccccc5)cc4)c4cc5c6ccccc6c6ccccc6c5cc34)CC21. The van der Waals surface area contributed by atoms with Gasteiger partial charge in [0.1, 0.15) is 0 Å². The standard InChI is InChI=1S/C51H38N2/c1-51(2)47-24-14-13-23-41(47)44-30-46-45-29-42-39-21-11-9-19-37(39)38-20-10-12-22-40(38)43(42)31-49(45)53(50(46)32-48(44)51)36-27-25-35(26-28-36)52(33-15-5-3-6-16-33)34-17-7-4-8-18-34/h3-31,48H,32H2,1-2H3. The second kappa shape index (κ2) is 11.3. The highest BCUT2D eigenvalue weighted by Gasteiger charge is 2.45. The van der Waals surface area contributed by atoms with Crippen molar-refractivity contribution >= 4 is 71.9 Å². The number of hydrogen-bond donors (Lipinski definition) is 0. The Morgan fingerprint density at radius 2 is 1.02 bits per heavy atom. The molecule has 0 N–H and O–H groups in total. The normalized spacial score (nSPS) is 15.7. The van der Waals surface area contributed by atoms with Crippen LogP contribution in [-0.4, -0.2) is 4.57 Å². The van der Waals surface area contributed by atoms with Crippen molar-refractivity contribution in [2.45, 2.75) is 25.7 Å². The maximum absolute atomic E-state index is 2.58. The summed E-state index contributed by atoms with van der Waals surface area (Å²) in [6.45, 7) is 4.89. The molecule has 53 heavy (non-hydrogen) atoms. The fourth-order valence-electron chi connectivity index (χ4n) is 9.72. The molecule has 11 rings (SSSR count). The number of benzene rings is 8. The van der Waals surface area contributed by atoms with Crippen LogP contribution < -0.4 is 4.90 Å². The first kappa shape index (κ1) is 30.3. The van der Waals surface area contributed by atoms with Gasteiger partial charge in [-0.2, -0.15) is 0 Å². The molecule has 0 aliphatic heterocycles. The highest BCUT2D eigenvalue weighted by atomic mass is 15.1. The minimum absolute atomic E-state index is 0.0360. The third-order valence-electron chi connectivity index (χ3n) is 12.2. The smallest absolute Gasteiger partial charge is 0.0544 e. The summed E-state index contributed by atoms with van der Waals surface area (Å²) in [5, 5.41) is 9.17. The first-order valence-electron chi connectivity index (χ1n) is 18.8. The fraction of sp³-hybridized carbons (Fsp3) is 0.0980. The van der Waals surface area contributed by atoms with Gasteiger partial charge in [0.2, 0.25) is 0 Å². The highest BCUT2D eigenvalue weighted by Crippen LogP contribution is 2.55. The van der Waals surface area contributed by atoms with E-state index < -0.39 is 0 Å². The molecule has 1 unspecified atom stereocenters. The summed E-state index contributed by atoms with van der Waals surface area (Å²) >= 11 is 0. The molecule has 0 radical (unpaired) electrons. The van der Waals surface area contributed by atoms with Crippen LogP contribution in [0, 0.1) is 5.92 Å². The summed E-state index contributed by atoms with van der Waals surface area (Å²) in [7, 11) is 0. The van der Waals surface area contributed by atoms with Gasteiger partial charge in [0.25, 0.3) is 0 Å². The summed E-state index contributed by atoms with van der Waals surface area (Å²) in [5.74, 6) is 0.400. The van der Waals surface area contributed by atoms with Gasteiger partial charge in [-0.3, -0.25) is 0 Å². The molecule has 2 aliphatic rings. The maximum atomic E-state index is 2.58. The van der Waals surface area contributed by atoms with Crippen LogP contribution in [0.4, 0.5) is 17.1 Å². The van der Waals surface area contributed by atoms with Crippen molar-refractivity contribution in [1.82, 2.24) is 4.57 Å². The van der Waals surface area contributed by atoms with Crippen molar-refractivity contribution in [3.63, 3.8) is 0 Å². The van der Waals surface area contributed by atoms with Crippen molar-refractivity contribution in [2.24, 2.45) is 5.92 Å². The largest absolute Gasteiger partial charge is 0.313 e. The third-order valence-corrected chi connectivity index (χ3v) is 12.2. The van der Waals surface area contributed by atoms with Gasteiger partial charge in [0.05, 0.1) is 5.52 Å². The van der Waals surface area contributed by atoms with E-state index in [2.05, 4.69) is 199 Å². The zero-order valence-electron chi connectivity index (χ0n) is 29.9. The van der Waals surface area contributed by atoms with E-state index in [4.69, 9.17) is 0 Å². The van der Waals surface area contributed by atoms with Crippen LogP contribution in [0.5, 0.6) is 0 Å². The molecule has 0 saturated heterocycles. The van der Waals surface area contributed by atoms with Crippen molar-refractivity contribution in [3.8, 4) is 5.69 Å². The van der Waals surface area contributed by atoms with Gasteiger partial charge in [-0.25, -0.2) is 0 Å². The van der Waals surface area contributed by atoms with E-state index in [1.54, 1.807) is 0 Å². The molecule has 0 fully saturated rings. The predicted molar refractivity (Wildman–Crippen MR) is 225 cm³/mol. The minimum atomic E-state index is 0.0360. The number of para-hydroxylation sites is 2. The van der Waals surface area contributed by atoms with Crippen molar-refractivity contribution in [1.29, 1.82) is 0 Å². The Bertz CT molecular complexity index is 2890. The van der Waals surface area contributed by atoms with Gasteiger partial charge in [-0.05, 0) is 134 Å². The molecule has 1 heterocycles. The number of anilines is 3. The van der Waals surface area contributed by atoms with Crippen LogP contribution in [0.25, 0.3) is 60.6 Å². The topological polar surface area (TPSA) is 8.17 Å². The van der Waals surface area contributed by atoms with E-state index in [9.17, 15) is 0 Å². The molecule has 0 bridgehead atoms. The number of aromatic nitrogens is 1. The molecular formula is C51H38N2.